The predicted octanol–water partition coefficient (Wildman–Crippen LogP) is 2.96. The first kappa shape index (κ1) is 12.1. The number of aromatic nitrogens is 1. The number of nitrogens with zero attached hydrogens (tertiary/aromatic N) is 1. The molecule has 1 atom stereocenters. The Bertz CT molecular complexity index is 497. The number of fused-ring (bicyclic) bond motifs is 1. The average Bonchev–Trinajstić information content (AvgIpc) is 2.70. The monoisotopic (exact) mass is 251 g/mol. The second kappa shape index (κ2) is 5.31. The second-order valence-corrected chi connectivity index (χ2v) is 5.28. The third kappa shape index (κ3) is 3.06. The predicted molar refractivity (Wildman–Crippen MR) is 74.5 cm³/mol. The van der Waals surface area contributed by atoms with Gasteiger partial charge in [-0.1, -0.05) is 6.92 Å². The molecular weight excluding hydrogens is 234 g/mol. The molecule has 0 aliphatic heterocycles. The first-order valence-electron chi connectivity index (χ1n) is 5.62. The molecule has 17 heavy (non-hydrogen) atoms. The van der Waals surface area contributed by atoms with Crippen LogP contribution in [0.25, 0.3) is 11.1 Å². The lowest BCUT2D eigenvalue weighted by Crippen LogP contribution is -2.07. The minimum absolute atomic E-state index is 0.568. The zero-order valence-corrected chi connectivity index (χ0v) is 10.9. The highest BCUT2D eigenvalue weighted by Crippen LogP contribution is 2.21. The van der Waals surface area contributed by atoms with Gasteiger partial charge in [0.2, 0.25) is 0 Å². The van der Waals surface area contributed by atoms with Crippen molar-refractivity contribution in [2.45, 2.75) is 18.6 Å². The summed E-state index contributed by atoms with van der Waals surface area (Å²) in [4.78, 5) is 4.34. The van der Waals surface area contributed by atoms with E-state index in [0.29, 0.717) is 17.0 Å². The van der Waals surface area contributed by atoms with Crippen molar-refractivity contribution < 1.29 is 4.42 Å². The van der Waals surface area contributed by atoms with E-state index < -0.39 is 0 Å². The van der Waals surface area contributed by atoms with Crippen LogP contribution in [0.15, 0.2) is 22.6 Å². The Morgan fingerprint density at radius 1 is 1.53 bits per heavy atom. The number of oxazole rings is 1. The summed E-state index contributed by atoms with van der Waals surface area (Å²) in [6, 6.07) is 6.05. The van der Waals surface area contributed by atoms with E-state index in [1.165, 1.54) is 0 Å². The van der Waals surface area contributed by atoms with Gasteiger partial charge >= 0.3 is 0 Å². The summed E-state index contributed by atoms with van der Waals surface area (Å²) in [5.74, 6) is 0. The van der Waals surface area contributed by atoms with Crippen molar-refractivity contribution in [2.24, 2.45) is 0 Å². The minimum Gasteiger partial charge on any atom is -0.423 e. The lowest BCUT2D eigenvalue weighted by Gasteiger charge is -2.06. The zero-order chi connectivity index (χ0) is 12.3. The summed E-state index contributed by atoms with van der Waals surface area (Å²) in [6.45, 7) is 3.07. The summed E-state index contributed by atoms with van der Waals surface area (Å²) < 4.78 is 5.56. The van der Waals surface area contributed by atoms with Crippen LogP contribution in [-0.2, 0) is 0 Å². The lowest BCUT2D eigenvalue weighted by molar-refractivity contribution is 0.612. The summed E-state index contributed by atoms with van der Waals surface area (Å²) >= 11 is 1.86. The van der Waals surface area contributed by atoms with Crippen LogP contribution in [0.5, 0.6) is 0 Å². The highest BCUT2D eigenvalue weighted by Gasteiger charge is 2.06. The molecule has 1 aromatic heterocycles. The second-order valence-electron chi connectivity index (χ2n) is 4.01. The average molecular weight is 251 g/mol. The summed E-state index contributed by atoms with van der Waals surface area (Å²) in [5.41, 5.74) is 7.93. The molecule has 0 saturated heterocycles. The normalized spacial score (nSPS) is 12.8. The Balaban J connectivity index is 1.99. The molecule has 0 bridgehead atoms. The highest BCUT2D eigenvalue weighted by atomic mass is 32.2. The molecular formula is C12H17N3OS. The SMILES string of the molecule is CSC(C)CCNc1nc2ccc(N)cc2o1. The number of benzene rings is 1. The molecule has 5 heteroatoms. The van der Waals surface area contributed by atoms with Gasteiger partial charge in [-0.05, 0) is 24.8 Å². The van der Waals surface area contributed by atoms with Gasteiger partial charge in [-0.3, -0.25) is 0 Å². The van der Waals surface area contributed by atoms with Gasteiger partial charge in [-0.15, -0.1) is 0 Å². The standard InChI is InChI=1S/C12H17N3OS/c1-8(17-2)5-6-14-12-15-10-4-3-9(13)7-11(10)16-12/h3-4,7-8H,5-6,13H2,1-2H3,(H,14,15). The Morgan fingerprint density at radius 3 is 3.12 bits per heavy atom. The van der Waals surface area contributed by atoms with E-state index in [1.807, 2.05) is 23.9 Å². The molecule has 1 unspecified atom stereocenters. The van der Waals surface area contributed by atoms with Gasteiger partial charge in [0.15, 0.2) is 5.58 Å². The molecule has 0 spiro atoms. The topological polar surface area (TPSA) is 64.1 Å². The molecule has 0 amide bonds. The molecule has 4 nitrogen and oxygen atoms in total. The summed E-state index contributed by atoms with van der Waals surface area (Å²) in [5, 5.41) is 3.83. The van der Waals surface area contributed by atoms with Crippen LogP contribution in [0.3, 0.4) is 0 Å². The molecule has 1 aromatic carbocycles. The molecule has 0 aliphatic carbocycles. The molecule has 0 saturated carbocycles. The van der Waals surface area contributed by atoms with Gasteiger partial charge in [0, 0.05) is 23.5 Å². The van der Waals surface area contributed by atoms with Gasteiger partial charge < -0.3 is 15.5 Å². The molecule has 1 heterocycles. The Hall–Kier alpha value is -1.36. The third-order valence-electron chi connectivity index (χ3n) is 2.64. The maximum Gasteiger partial charge on any atom is 0.295 e. The number of hydrogen-bond donors (Lipinski definition) is 2. The van der Waals surface area contributed by atoms with Gasteiger partial charge in [0.05, 0.1) is 0 Å². The highest BCUT2D eigenvalue weighted by molar-refractivity contribution is 7.99. The van der Waals surface area contributed by atoms with Gasteiger partial charge in [-0.25, -0.2) is 0 Å². The molecule has 3 N–H and O–H groups in total. The molecule has 0 fully saturated rings. The fourth-order valence-electron chi connectivity index (χ4n) is 1.52. The van der Waals surface area contributed by atoms with Crippen molar-refractivity contribution in [1.82, 2.24) is 4.98 Å². The number of nitrogen functional groups attached to an aromatic ring is 1. The largest absolute Gasteiger partial charge is 0.423 e. The van der Waals surface area contributed by atoms with E-state index in [0.717, 1.165) is 24.1 Å². The Morgan fingerprint density at radius 2 is 2.35 bits per heavy atom. The van der Waals surface area contributed by atoms with E-state index >= 15 is 0 Å². The van der Waals surface area contributed by atoms with Crippen LogP contribution < -0.4 is 11.1 Å². The molecule has 2 aromatic rings. The fourth-order valence-corrected chi connectivity index (χ4v) is 1.87. The quantitative estimate of drug-likeness (QED) is 0.800. The first-order valence-corrected chi connectivity index (χ1v) is 6.90. The lowest BCUT2D eigenvalue weighted by atomic mass is 10.3. The summed E-state index contributed by atoms with van der Waals surface area (Å²) in [6.07, 6.45) is 3.20. The van der Waals surface area contributed by atoms with E-state index in [-0.39, 0.29) is 0 Å². The number of rotatable bonds is 5. The Kier molecular flexibility index (Phi) is 3.78. The minimum atomic E-state index is 0.568. The van der Waals surface area contributed by atoms with Crippen LogP contribution in [0.2, 0.25) is 0 Å². The maximum atomic E-state index is 5.68. The van der Waals surface area contributed by atoms with Crippen molar-refractivity contribution in [3.05, 3.63) is 18.2 Å². The molecule has 92 valence electrons. The van der Waals surface area contributed by atoms with E-state index in [4.69, 9.17) is 10.2 Å². The number of nitrogens with two attached hydrogens (primary N) is 1. The van der Waals surface area contributed by atoms with Crippen molar-refractivity contribution in [2.75, 3.05) is 23.9 Å². The first-order chi connectivity index (χ1) is 8.19. The van der Waals surface area contributed by atoms with E-state index in [9.17, 15) is 0 Å². The zero-order valence-electron chi connectivity index (χ0n) is 10.1. The smallest absolute Gasteiger partial charge is 0.295 e. The van der Waals surface area contributed by atoms with Crippen molar-refractivity contribution >= 4 is 34.6 Å². The van der Waals surface area contributed by atoms with Crippen molar-refractivity contribution in [3.63, 3.8) is 0 Å². The fraction of sp³-hybridized carbons (Fsp3) is 0.417. The number of anilines is 2. The molecule has 0 aliphatic rings. The summed E-state index contributed by atoms with van der Waals surface area (Å²) in [7, 11) is 0. The van der Waals surface area contributed by atoms with Crippen molar-refractivity contribution in [1.29, 1.82) is 0 Å². The third-order valence-corrected chi connectivity index (χ3v) is 3.68. The van der Waals surface area contributed by atoms with Crippen LogP contribution in [0.1, 0.15) is 13.3 Å². The van der Waals surface area contributed by atoms with E-state index in [1.54, 1.807) is 6.07 Å². The van der Waals surface area contributed by atoms with Crippen LogP contribution in [0.4, 0.5) is 11.7 Å². The van der Waals surface area contributed by atoms with Crippen LogP contribution in [-0.4, -0.2) is 23.0 Å². The number of nitrogens with one attached hydrogen (secondary N) is 1. The van der Waals surface area contributed by atoms with E-state index in [2.05, 4.69) is 23.5 Å². The van der Waals surface area contributed by atoms with Crippen LogP contribution >= 0.6 is 11.8 Å². The van der Waals surface area contributed by atoms with Gasteiger partial charge in [-0.2, -0.15) is 16.7 Å². The van der Waals surface area contributed by atoms with Gasteiger partial charge in [0.1, 0.15) is 5.52 Å². The Labute approximate surface area is 105 Å². The van der Waals surface area contributed by atoms with Gasteiger partial charge in [0.25, 0.3) is 6.01 Å². The molecule has 0 radical (unpaired) electrons. The van der Waals surface area contributed by atoms with Crippen molar-refractivity contribution in [3.8, 4) is 0 Å². The number of thioether (sulfide) groups is 1. The van der Waals surface area contributed by atoms with Crippen LogP contribution in [0, 0.1) is 0 Å². The molecule has 2 rings (SSSR count). The maximum absolute atomic E-state index is 5.68. The number of hydrogen-bond acceptors (Lipinski definition) is 5.